The molecule has 0 radical (unpaired) electrons. The van der Waals surface area contributed by atoms with Gasteiger partial charge in [0.15, 0.2) is 0 Å². The number of hydrogen-bond acceptors (Lipinski definition) is 4. The predicted octanol–water partition coefficient (Wildman–Crippen LogP) is 2.52. The topological polar surface area (TPSA) is 55.0 Å². The van der Waals surface area contributed by atoms with Crippen molar-refractivity contribution in [2.75, 3.05) is 17.2 Å². The lowest BCUT2D eigenvalue weighted by atomic mass is 10.2. The van der Waals surface area contributed by atoms with Gasteiger partial charge in [0.05, 0.1) is 0 Å². The SMILES string of the molecule is Nc1cc(Br)nc(N2CCc3ccccc32)n1. The van der Waals surface area contributed by atoms with E-state index in [4.69, 9.17) is 5.73 Å². The largest absolute Gasteiger partial charge is 0.383 e. The first kappa shape index (κ1) is 10.5. The van der Waals surface area contributed by atoms with Crippen LogP contribution >= 0.6 is 15.9 Å². The van der Waals surface area contributed by atoms with E-state index in [0.29, 0.717) is 16.4 Å². The van der Waals surface area contributed by atoms with E-state index < -0.39 is 0 Å². The van der Waals surface area contributed by atoms with Gasteiger partial charge in [-0.05, 0) is 34.0 Å². The first-order valence-corrected chi connectivity index (χ1v) is 6.19. The molecule has 1 aliphatic rings. The molecule has 5 heteroatoms. The molecule has 2 heterocycles. The van der Waals surface area contributed by atoms with Gasteiger partial charge in [0.1, 0.15) is 10.4 Å². The van der Waals surface area contributed by atoms with Crippen molar-refractivity contribution in [3.8, 4) is 0 Å². The average molecular weight is 291 g/mol. The number of nitrogen functional groups attached to an aromatic ring is 1. The maximum absolute atomic E-state index is 5.74. The van der Waals surface area contributed by atoms with Crippen LogP contribution in [0.15, 0.2) is 34.9 Å². The number of anilines is 3. The van der Waals surface area contributed by atoms with Crippen LogP contribution in [0.1, 0.15) is 5.56 Å². The second-order valence-electron chi connectivity index (χ2n) is 3.95. The number of aromatic nitrogens is 2. The zero-order valence-electron chi connectivity index (χ0n) is 9.10. The van der Waals surface area contributed by atoms with E-state index in [1.54, 1.807) is 6.07 Å². The van der Waals surface area contributed by atoms with Crippen LogP contribution in [0.5, 0.6) is 0 Å². The summed E-state index contributed by atoms with van der Waals surface area (Å²) in [5, 5.41) is 0. The van der Waals surface area contributed by atoms with E-state index in [1.807, 2.05) is 6.07 Å². The molecule has 86 valence electrons. The van der Waals surface area contributed by atoms with Gasteiger partial charge in [0.2, 0.25) is 5.95 Å². The second-order valence-corrected chi connectivity index (χ2v) is 4.76. The number of fused-ring (bicyclic) bond motifs is 1. The van der Waals surface area contributed by atoms with Gasteiger partial charge in [-0.1, -0.05) is 18.2 Å². The van der Waals surface area contributed by atoms with Gasteiger partial charge >= 0.3 is 0 Å². The maximum Gasteiger partial charge on any atom is 0.232 e. The minimum Gasteiger partial charge on any atom is -0.383 e. The quantitative estimate of drug-likeness (QED) is 0.820. The minimum atomic E-state index is 0.478. The lowest BCUT2D eigenvalue weighted by Crippen LogP contribution is -2.17. The molecule has 1 aromatic heterocycles. The Bertz CT molecular complexity index is 550. The van der Waals surface area contributed by atoms with Gasteiger partial charge in [0.25, 0.3) is 0 Å². The summed E-state index contributed by atoms with van der Waals surface area (Å²) in [4.78, 5) is 10.7. The van der Waals surface area contributed by atoms with Crippen molar-refractivity contribution in [2.45, 2.75) is 6.42 Å². The maximum atomic E-state index is 5.74. The first-order valence-electron chi connectivity index (χ1n) is 5.39. The molecule has 4 nitrogen and oxygen atoms in total. The third-order valence-corrected chi connectivity index (χ3v) is 3.24. The molecule has 0 unspecified atom stereocenters. The van der Waals surface area contributed by atoms with Crippen molar-refractivity contribution < 1.29 is 0 Å². The molecule has 0 spiro atoms. The van der Waals surface area contributed by atoms with Crippen LogP contribution in [-0.4, -0.2) is 16.5 Å². The minimum absolute atomic E-state index is 0.478. The van der Waals surface area contributed by atoms with Gasteiger partial charge in [0, 0.05) is 18.3 Å². The van der Waals surface area contributed by atoms with E-state index in [-0.39, 0.29) is 0 Å². The van der Waals surface area contributed by atoms with E-state index in [0.717, 1.165) is 13.0 Å². The fourth-order valence-electron chi connectivity index (χ4n) is 2.09. The van der Waals surface area contributed by atoms with Crippen LogP contribution in [-0.2, 0) is 6.42 Å². The third-order valence-electron chi connectivity index (χ3n) is 2.83. The highest BCUT2D eigenvalue weighted by atomic mass is 79.9. The normalized spacial score (nSPS) is 13.8. The van der Waals surface area contributed by atoms with E-state index in [1.165, 1.54) is 11.3 Å². The molecule has 2 aromatic rings. The Morgan fingerprint density at radius 3 is 2.88 bits per heavy atom. The summed E-state index contributed by atoms with van der Waals surface area (Å²) in [5.41, 5.74) is 8.24. The van der Waals surface area contributed by atoms with Crippen LogP contribution in [0.3, 0.4) is 0 Å². The van der Waals surface area contributed by atoms with Crippen LogP contribution in [0.4, 0.5) is 17.5 Å². The zero-order valence-corrected chi connectivity index (χ0v) is 10.7. The lowest BCUT2D eigenvalue weighted by Gasteiger charge is -2.17. The van der Waals surface area contributed by atoms with Gasteiger partial charge in [-0.25, -0.2) is 4.98 Å². The third kappa shape index (κ3) is 1.86. The number of benzene rings is 1. The molecule has 17 heavy (non-hydrogen) atoms. The molecule has 0 amide bonds. The predicted molar refractivity (Wildman–Crippen MR) is 71.3 cm³/mol. The van der Waals surface area contributed by atoms with E-state index >= 15 is 0 Å². The number of nitrogens with two attached hydrogens (primary N) is 1. The summed E-state index contributed by atoms with van der Waals surface area (Å²) in [6.45, 7) is 0.898. The summed E-state index contributed by atoms with van der Waals surface area (Å²) in [7, 11) is 0. The van der Waals surface area contributed by atoms with Gasteiger partial charge in [-0.3, -0.25) is 0 Å². The van der Waals surface area contributed by atoms with Crippen molar-refractivity contribution in [2.24, 2.45) is 0 Å². The van der Waals surface area contributed by atoms with Crippen molar-refractivity contribution in [3.63, 3.8) is 0 Å². The Labute approximate surface area is 108 Å². The average Bonchev–Trinajstić information content (AvgIpc) is 2.71. The standard InChI is InChI=1S/C12H11BrN4/c13-10-7-11(14)16-12(15-10)17-6-5-8-3-1-2-4-9(8)17/h1-4,7H,5-6H2,(H2,14,15,16). The summed E-state index contributed by atoms with van der Waals surface area (Å²) in [5.74, 6) is 1.13. The van der Waals surface area contributed by atoms with Crippen LogP contribution in [0.25, 0.3) is 0 Å². The Morgan fingerprint density at radius 1 is 1.24 bits per heavy atom. The molecule has 0 atom stereocenters. The fourth-order valence-corrected chi connectivity index (χ4v) is 2.48. The van der Waals surface area contributed by atoms with Gasteiger partial charge < -0.3 is 10.6 Å². The Morgan fingerprint density at radius 2 is 2.06 bits per heavy atom. The van der Waals surface area contributed by atoms with Crippen molar-refractivity contribution >= 4 is 33.4 Å². The van der Waals surface area contributed by atoms with Crippen molar-refractivity contribution in [1.82, 2.24) is 9.97 Å². The summed E-state index contributed by atoms with van der Waals surface area (Å²) in [6, 6.07) is 10.0. The summed E-state index contributed by atoms with van der Waals surface area (Å²) >= 11 is 3.34. The molecule has 0 saturated carbocycles. The van der Waals surface area contributed by atoms with Crippen molar-refractivity contribution in [3.05, 3.63) is 40.5 Å². The van der Waals surface area contributed by atoms with Crippen LogP contribution in [0, 0.1) is 0 Å². The fraction of sp³-hybridized carbons (Fsp3) is 0.167. The van der Waals surface area contributed by atoms with Crippen molar-refractivity contribution in [1.29, 1.82) is 0 Å². The highest BCUT2D eigenvalue weighted by Gasteiger charge is 2.22. The lowest BCUT2D eigenvalue weighted by molar-refractivity contribution is 0.937. The molecule has 1 aromatic carbocycles. The van der Waals surface area contributed by atoms with Crippen LogP contribution < -0.4 is 10.6 Å². The van der Waals surface area contributed by atoms with Crippen LogP contribution in [0.2, 0.25) is 0 Å². The molecular weight excluding hydrogens is 280 g/mol. The van der Waals surface area contributed by atoms with E-state index in [9.17, 15) is 0 Å². The molecule has 2 N–H and O–H groups in total. The highest BCUT2D eigenvalue weighted by Crippen LogP contribution is 2.32. The molecule has 0 aliphatic carbocycles. The summed E-state index contributed by atoms with van der Waals surface area (Å²) in [6.07, 6.45) is 1.02. The number of rotatable bonds is 1. The van der Waals surface area contributed by atoms with E-state index in [2.05, 4.69) is 49.0 Å². The van der Waals surface area contributed by atoms with Gasteiger partial charge in [-0.15, -0.1) is 0 Å². The second kappa shape index (κ2) is 4.00. The highest BCUT2D eigenvalue weighted by molar-refractivity contribution is 9.10. The smallest absolute Gasteiger partial charge is 0.232 e. The monoisotopic (exact) mass is 290 g/mol. The number of halogens is 1. The Hall–Kier alpha value is -1.62. The number of hydrogen-bond donors (Lipinski definition) is 1. The zero-order chi connectivity index (χ0) is 11.8. The summed E-state index contributed by atoms with van der Waals surface area (Å²) < 4.78 is 0.712. The molecule has 1 aliphatic heterocycles. The first-order chi connectivity index (χ1) is 8.24. The number of nitrogens with zero attached hydrogens (tertiary/aromatic N) is 3. The molecular formula is C12H11BrN4. The Balaban J connectivity index is 2.06. The molecule has 0 bridgehead atoms. The number of para-hydroxylation sites is 1. The molecule has 0 fully saturated rings. The Kier molecular flexibility index (Phi) is 2.48. The molecule has 3 rings (SSSR count). The van der Waals surface area contributed by atoms with Gasteiger partial charge in [-0.2, -0.15) is 4.98 Å². The molecule has 0 saturated heterocycles.